The summed E-state index contributed by atoms with van der Waals surface area (Å²) in [6, 6.07) is 19.7. The molecule has 0 spiro atoms. The van der Waals surface area contributed by atoms with E-state index in [9.17, 15) is 13.2 Å². The summed E-state index contributed by atoms with van der Waals surface area (Å²) in [7, 11) is -2.40. The van der Waals surface area contributed by atoms with E-state index in [2.05, 4.69) is 5.32 Å². The first-order valence-corrected chi connectivity index (χ1v) is 11.7. The van der Waals surface area contributed by atoms with Crippen LogP contribution in [0.15, 0.2) is 71.6 Å². The van der Waals surface area contributed by atoms with Crippen molar-refractivity contribution in [2.24, 2.45) is 0 Å². The van der Waals surface area contributed by atoms with Crippen LogP contribution in [0.3, 0.4) is 0 Å². The molecule has 0 aliphatic heterocycles. The molecule has 168 valence electrons. The number of carbonyl (C=O) groups excluding carboxylic acids is 1. The van der Waals surface area contributed by atoms with Crippen molar-refractivity contribution in [1.82, 2.24) is 4.31 Å². The first-order valence-electron chi connectivity index (χ1n) is 10.3. The first-order chi connectivity index (χ1) is 15.2. The predicted molar refractivity (Wildman–Crippen MR) is 126 cm³/mol. The predicted octanol–water partition coefficient (Wildman–Crippen LogP) is 4.45. The second-order valence-corrected chi connectivity index (χ2v) is 9.69. The molecule has 0 fully saturated rings. The molecule has 0 aliphatic carbocycles. The van der Waals surface area contributed by atoms with Gasteiger partial charge in [-0.2, -0.15) is 4.31 Å². The highest BCUT2D eigenvalue weighted by atomic mass is 32.2. The number of sulfonamides is 1. The highest BCUT2D eigenvalue weighted by molar-refractivity contribution is 7.89. The van der Waals surface area contributed by atoms with Gasteiger partial charge in [-0.25, -0.2) is 8.42 Å². The van der Waals surface area contributed by atoms with Crippen LogP contribution in [0.4, 0.5) is 5.69 Å². The molecule has 32 heavy (non-hydrogen) atoms. The van der Waals surface area contributed by atoms with E-state index < -0.39 is 15.9 Å². The molecule has 0 aromatic heterocycles. The monoisotopic (exact) mass is 452 g/mol. The Labute approximate surface area is 189 Å². The number of methoxy groups -OCH3 is 1. The van der Waals surface area contributed by atoms with E-state index in [0.29, 0.717) is 17.0 Å². The number of ether oxygens (including phenoxy) is 1. The third kappa shape index (κ3) is 5.55. The maximum atomic E-state index is 13.5. The standard InChI is InChI=1S/C25H28N2O4S/c1-18-10-11-19(2)23(14-18)26-25(28)17-27(16-21-8-6-5-7-9-21)32(29,30)22-12-13-24(31-4)20(3)15-22/h5-15H,16-17H2,1-4H3,(H,26,28). The molecule has 1 amide bonds. The van der Waals surface area contributed by atoms with Gasteiger partial charge in [0, 0.05) is 12.2 Å². The molecule has 0 saturated heterocycles. The van der Waals surface area contributed by atoms with Gasteiger partial charge in [-0.15, -0.1) is 0 Å². The van der Waals surface area contributed by atoms with Crippen molar-refractivity contribution < 1.29 is 17.9 Å². The zero-order chi connectivity index (χ0) is 23.3. The van der Waals surface area contributed by atoms with Crippen LogP contribution in [0.2, 0.25) is 0 Å². The summed E-state index contributed by atoms with van der Waals surface area (Å²) in [5, 5.41) is 2.86. The third-order valence-corrected chi connectivity index (χ3v) is 6.98. The van der Waals surface area contributed by atoms with Gasteiger partial charge >= 0.3 is 0 Å². The van der Waals surface area contributed by atoms with Crippen LogP contribution in [-0.2, 0) is 21.4 Å². The number of amides is 1. The number of rotatable bonds is 8. The van der Waals surface area contributed by atoms with E-state index in [1.54, 1.807) is 19.1 Å². The molecule has 0 bridgehead atoms. The summed E-state index contributed by atoms with van der Waals surface area (Å²) >= 11 is 0. The second kappa shape index (κ2) is 9.97. The molecule has 6 nitrogen and oxygen atoms in total. The first kappa shape index (κ1) is 23.5. The van der Waals surface area contributed by atoms with Crippen molar-refractivity contribution in [3.05, 3.63) is 89.0 Å². The van der Waals surface area contributed by atoms with E-state index in [1.165, 1.54) is 17.5 Å². The fraction of sp³-hybridized carbons (Fsp3) is 0.240. The number of aryl methyl sites for hydroxylation is 3. The van der Waals surface area contributed by atoms with Crippen molar-refractivity contribution in [3.63, 3.8) is 0 Å². The topological polar surface area (TPSA) is 75.7 Å². The highest BCUT2D eigenvalue weighted by Gasteiger charge is 2.27. The van der Waals surface area contributed by atoms with Gasteiger partial charge in [-0.1, -0.05) is 42.5 Å². The maximum absolute atomic E-state index is 13.5. The van der Waals surface area contributed by atoms with Crippen LogP contribution >= 0.6 is 0 Å². The molecule has 0 atom stereocenters. The van der Waals surface area contributed by atoms with Crippen LogP contribution in [0.5, 0.6) is 5.75 Å². The molecule has 0 aliphatic rings. The lowest BCUT2D eigenvalue weighted by Gasteiger charge is -2.23. The molecular formula is C25H28N2O4S. The molecule has 0 unspecified atom stereocenters. The molecule has 0 heterocycles. The summed E-state index contributed by atoms with van der Waals surface area (Å²) in [5.74, 6) is 0.203. The Morgan fingerprint density at radius 3 is 2.31 bits per heavy atom. The summed E-state index contributed by atoms with van der Waals surface area (Å²) in [6.45, 7) is 5.39. The number of nitrogens with one attached hydrogen (secondary N) is 1. The fourth-order valence-corrected chi connectivity index (χ4v) is 4.86. The zero-order valence-corrected chi connectivity index (χ0v) is 19.6. The average molecular weight is 453 g/mol. The Bertz CT molecular complexity index is 1210. The highest BCUT2D eigenvalue weighted by Crippen LogP contribution is 2.25. The number of hydrogen-bond acceptors (Lipinski definition) is 4. The number of anilines is 1. The lowest BCUT2D eigenvalue weighted by atomic mass is 10.1. The van der Waals surface area contributed by atoms with Crippen LogP contribution < -0.4 is 10.1 Å². The molecule has 7 heteroatoms. The summed E-state index contributed by atoms with van der Waals surface area (Å²) in [5.41, 5.74) is 4.09. The SMILES string of the molecule is COc1ccc(S(=O)(=O)N(CC(=O)Nc2cc(C)ccc2C)Cc2ccccc2)cc1C. The molecule has 3 aromatic rings. The zero-order valence-electron chi connectivity index (χ0n) is 18.8. The summed E-state index contributed by atoms with van der Waals surface area (Å²) in [4.78, 5) is 13.0. The van der Waals surface area contributed by atoms with Crippen LogP contribution in [0, 0.1) is 20.8 Å². The van der Waals surface area contributed by atoms with E-state index in [4.69, 9.17) is 4.74 Å². The van der Waals surface area contributed by atoms with Gasteiger partial charge < -0.3 is 10.1 Å². The van der Waals surface area contributed by atoms with Gasteiger partial charge in [0.25, 0.3) is 0 Å². The number of nitrogens with zero attached hydrogens (tertiary/aromatic N) is 1. The average Bonchev–Trinajstić information content (AvgIpc) is 2.76. The Morgan fingerprint density at radius 1 is 0.938 bits per heavy atom. The molecule has 1 N–H and O–H groups in total. The fourth-order valence-electron chi connectivity index (χ4n) is 3.39. The van der Waals surface area contributed by atoms with Crippen molar-refractivity contribution in [2.45, 2.75) is 32.2 Å². The summed E-state index contributed by atoms with van der Waals surface area (Å²) in [6.07, 6.45) is 0. The largest absolute Gasteiger partial charge is 0.496 e. The smallest absolute Gasteiger partial charge is 0.243 e. The van der Waals surface area contributed by atoms with Gasteiger partial charge in [0.05, 0.1) is 18.6 Å². The van der Waals surface area contributed by atoms with Gasteiger partial charge in [0.2, 0.25) is 15.9 Å². The lowest BCUT2D eigenvalue weighted by molar-refractivity contribution is -0.116. The van der Waals surface area contributed by atoms with Gasteiger partial charge in [-0.05, 0) is 67.3 Å². The minimum absolute atomic E-state index is 0.0778. The van der Waals surface area contributed by atoms with E-state index in [1.807, 2.05) is 62.4 Å². The number of benzene rings is 3. The Kier molecular flexibility index (Phi) is 7.33. The van der Waals surface area contributed by atoms with Crippen molar-refractivity contribution in [2.75, 3.05) is 19.0 Å². The van der Waals surface area contributed by atoms with Crippen molar-refractivity contribution in [1.29, 1.82) is 0 Å². The van der Waals surface area contributed by atoms with E-state index in [-0.39, 0.29) is 18.0 Å². The molecule has 0 radical (unpaired) electrons. The molecule has 0 saturated carbocycles. The van der Waals surface area contributed by atoms with Crippen molar-refractivity contribution >= 4 is 21.6 Å². The molecule has 3 aromatic carbocycles. The number of hydrogen-bond donors (Lipinski definition) is 1. The number of carbonyl (C=O) groups is 1. The summed E-state index contributed by atoms with van der Waals surface area (Å²) < 4.78 is 33.5. The van der Waals surface area contributed by atoms with Crippen LogP contribution in [0.1, 0.15) is 22.3 Å². The minimum Gasteiger partial charge on any atom is -0.496 e. The Hall–Kier alpha value is -3.16. The Balaban J connectivity index is 1.91. The van der Waals surface area contributed by atoms with Crippen LogP contribution in [0.25, 0.3) is 0 Å². The maximum Gasteiger partial charge on any atom is 0.243 e. The second-order valence-electron chi connectivity index (χ2n) is 7.76. The van der Waals surface area contributed by atoms with Crippen molar-refractivity contribution in [3.8, 4) is 5.75 Å². The lowest BCUT2D eigenvalue weighted by Crippen LogP contribution is -2.37. The Morgan fingerprint density at radius 2 is 1.66 bits per heavy atom. The van der Waals surface area contributed by atoms with E-state index >= 15 is 0 Å². The molecule has 3 rings (SSSR count). The van der Waals surface area contributed by atoms with Gasteiger partial charge in [0.15, 0.2) is 0 Å². The van der Waals surface area contributed by atoms with E-state index in [0.717, 1.165) is 16.7 Å². The normalized spacial score (nSPS) is 11.4. The third-order valence-electron chi connectivity index (χ3n) is 5.19. The molecular weight excluding hydrogens is 424 g/mol. The van der Waals surface area contributed by atoms with Crippen LogP contribution in [-0.4, -0.2) is 32.3 Å². The minimum atomic E-state index is -3.94. The quantitative estimate of drug-likeness (QED) is 0.548. The van der Waals surface area contributed by atoms with Gasteiger partial charge in [0.1, 0.15) is 5.75 Å². The van der Waals surface area contributed by atoms with Gasteiger partial charge in [-0.3, -0.25) is 4.79 Å².